The quantitative estimate of drug-likeness (QED) is 0.600. The number of nitrogens with one attached hydrogen (secondary N) is 1. The molecule has 0 unspecified atom stereocenters. The Morgan fingerprint density at radius 1 is 1.50 bits per heavy atom. The van der Waals surface area contributed by atoms with E-state index in [-0.39, 0.29) is 0 Å². The van der Waals surface area contributed by atoms with Gasteiger partial charge in [0.25, 0.3) is 0 Å². The van der Waals surface area contributed by atoms with Gasteiger partial charge >= 0.3 is 0 Å². The molecule has 0 aliphatic carbocycles. The minimum absolute atomic E-state index is 0.692. The van der Waals surface area contributed by atoms with Crippen molar-refractivity contribution in [3.8, 4) is 0 Å². The summed E-state index contributed by atoms with van der Waals surface area (Å²) in [6, 6.07) is 1.95. The van der Waals surface area contributed by atoms with E-state index in [9.17, 15) is 0 Å². The van der Waals surface area contributed by atoms with Gasteiger partial charge < -0.3 is 5.32 Å². The van der Waals surface area contributed by atoms with Gasteiger partial charge in [-0.25, -0.2) is 9.97 Å². The van der Waals surface area contributed by atoms with Gasteiger partial charge in [-0.05, 0) is 18.9 Å². The van der Waals surface area contributed by atoms with E-state index in [4.69, 9.17) is 0 Å². The fourth-order valence-electron chi connectivity index (χ4n) is 0.918. The summed E-state index contributed by atoms with van der Waals surface area (Å²) in [6.45, 7) is 7.31. The number of rotatable bonds is 5. The highest BCUT2D eigenvalue weighted by molar-refractivity contribution is 7.99. The molecular formula is C10H17N3S. The van der Waals surface area contributed by atoms with Gasteiger partial charge in [-0.3, -0.25) is 0 Å². The van der Waals surface area contributed by atoms with Gasteiger partial charge in [-0.2, -0.15) is 0 Å². The Labute approximate surface area is 89.7 Å². The summed E-state index contributed by atoms with van der Waals surface area (Å²) in [5, 5.41) is 4.15. The van der Waals surface area contributed by atoms with Crippen LogP contribution in [-0.2, 0) is 0 Å². The molecule has 78 valence electrons. The lowest BCUT2D eigenvalue weighted by molar-refractivity contribution is 0.749. The number of hydrogen-bond acceptors (Lipinski definition) is 4. The molecule has 0 radical (unpaired) electrons. The second-order valence-electron chi connectivity index (χ2n) is 3.45. The van der Waals surface area contributed by atoms with E-state index < -0.39 is 0 Å². The SMILES string of the molecule is CCNc1nccc(SCC(C)C)n1. The van der Waals surface area contributed by atoms with Crippen LogP contribution >= 0.6 is 11.8 Å². The predicted molar refractivity (Wildman–Crippen MR) is 61.8 cm³/mol. The van der Waals surface area contributed by atoms with Gasteiger partial charge in [0.1, 0.15) is 5.03 Å². The number of anilines is 1. The Kier molecular flexibility index (Phi) is 4.73. The van der Waals surface area contributed by atoms with Crippen molar-refractivity contribution in [1.29, 1.82) is 0 Å². The Bertz CT molecular complexity index is 276. The molecule has 1 aromatic heterocycles. The molecule has 1 heterocycles. The van der Waals surface area contributed by atoms with Crippen LogP contribution in [0.15, 0.2) is 17.3 Å². The van der Waals surface area contributed by atoms with Crippen LogP contribution in [-0.4, -0.2) is 22.3 Å². The molecule has 0 amide bonds. The summed E-state index contributed by atoms with van der Waals surface area (Å²) in [6.07, 6.45) is 1.80. The molecule has 0 saturated carbocycles. The monoisotopic (exact) mass is 211 g/mol. The van der Waals surface area contributed by atoms with E-state index in [1.165, 1.54) is 0 Å². The lowest BCUT2D eigenvalue weighted by Crippen LogP contribution is -2.02. The lowest BCUT2D eigenvalue weighted by Gasteiger charge is -2.05. The Balaban J connectivity index is 2.54. The molecule has 0 saturated heterocycles. The highest BCUT2D eigenvalue weighted by atomic mass is 32.2. The molecule has 0 bridgehead atoms. The Hall–Kier alpha value is -0.770. The first-order valence-corrected chi connectivity index (χ1v) is 5.90. The zero-order chi connectivity index (χ0) is 10.4. The van der Waals surface area contributed by atoms with Crippen LogP contribution in [0.3, 0.4) is 0 Å². The molecule has 0 aliphatic heterocycles. The summed E-state index contributed by atoms with van der Waals surface area (Å²) in [5.74, 6) is 2.52. The molecule has 14 heavy (non-hydrogen) atoms. The Morgan fingerprint density at radius 2 is 2.29 bits per heavy atom. The molecule has 0 fully saturated rings. The van der Waals surface area contributed by atoms with E-state index in [1.54, 1.807) is 18.0 Å². The molecule has 0 aromatic carbocycles. The van der Waals surface area contributed by atoms with Crippen molar-refractivity contribution in [2.45, 2.75) is 25.8 Å². The van der Waals surface area contributed by atoms with Gasteiger partial charge in [0, 0.05) is 18.5 Å². The molecule has 1 rings (SSSR count). The molecule has 1 aromatic rings. The van der Waals surface area contributed by atoms with Crippen molar-refractivity contribution in [3.05, 3.63) is 12.3 Å². The van der Waals surface area contributed by atoms with E-state index in [2.05, 4.69) is 29.1 Å². The highest BCUT2D eigenvalue weighted by Gasteiger charge is 2.00. The van der Waals surface area contributed by atoms with Gasteiger partial charge in [-0.1, -0.05) is 13.8 Å². The number of aromatic nitrogens is 2. The fourth-order valence-corrected chi connectivity index (χ4v) is 1.73. The standard InChI is InChI=1S/C10H17N3S/c1-4-11-10-12-6-5-9(13-10)14-7-8(2)3/h5-6,8H,4,7H2,1-3H3,(H,11,12,13). The molecule has 0 spiro atoms. The van der Waals surface area contributed by atoms with Crippen molar-refractivity contribution in [3.63, 3.8) is 0 Å². The number of thioether (sulfide) groups is 1. The van der Waals surface area contributed by atoms with Gasteiger partial charge in [0.2, 0.25) is 5.95 Å². The lowest BCUT2D eigenvalue weighted by atomic mass is 10.3. The second-order valence-corrected chi connectivity index (χ2v) is 4.49. The van der Waals surface area contributed by atoms with Crippen LogP contribution in [0, 0.1) is 5.92 Å². The normalized spacial score (nSPS) is 10.6. The van der Waals surface area contributed by atoms with Crippen molar-refractivity contribution >= 4 is 17.7 Å². The van der Waals surface area contributed by atoms with Crippen LogP contribution in [0.2, 0.25) is 0 Å². The third kappa shape index (κ3) is 3.96. The van der Waals surface area contributed by atoms with Crippen molar-refractivity contribution in [1.82, 2.24) is 9.97 Å². The summed E-state index contributed by atoms with van der Waals surface area (Å²) < 4.78 is 0. The molecular weight excluding hydrogens is 194 g/mol. The molecule has 1 N–H and O–H groups in total. The van der Waals surface area contributed by atoms with Gasteiger partial charge in [0.15, 0.2) is 0 Å². The van der Waals surface area contributed by atoms with Gasteiger partial charge in [0.05, 0.1) is 0 Å². The van der Waals surface area contributed by atoms with E-state index in [0.717, 1.165) is 23.3 Å². The summed E-state index contributed by atoms with van der Waals surface area (Å²) in [7, 11) is 0. The maximum atomic E-state index is 4.38. The third-order valence-electron chi connectivity index (χ3n) is 1.53. The average Bonchev–Trinajstić information content (AvgIpc) is 2.16. The van der Waals surface area contributed by atoms with Crippen LogP contribution in [0.1, 0.15) is 20.8 Å². The predicted octanol–water partition coefficient (Wildman–Crippen LogP) is 2.66. The summed E-state index contributed by atoms with van der Waals surface area (Å²) in [4.78, 5) is 8.50. The third-order valence-corrected chi connectivity index (χ3v) is 2.89. The van der Waals surface area contributed by atoms with E-state index in [0.29, 0.717) is 5.92 Å². The molecule has 3 nitrogen and oxygen atoms in total. The van der Waals surface area contributed by atoms with E-state index in [1.807, 2.05) is 13.0 Å². The zero-order valence-corrected chi connectivity index (χ0v) is 9.77. The topological polar surface area (TPSA) is 37.8 Å². The molecule has 4 heteroatoms. The van der Waals surface area contributed by atoms with Crippen molar-refractivity contribution in [2.75, 3.05) is 17.6 Å². The summed E-state index contributed by atoms with van der Waals surface area (Å²) >= 11 is 1.78. The number of nitrogens with zero attached hydrogens (tertiary/aromatic N) is 2. The van der Waals surface area contributed by atoms with Crippen LogP contribution in [0.5, 0.6) is 0 Å². The average molecular weight is 211 g/mol. The largest absolute Gasteiger partial charge is 0.354 e. The highest BCUT2D eigenvalue weighted by Crippen LogP contribution is 2.18. The number of hydrogen-bond donors (Lipinski definition) is 1. The molecule has 0 atom stereocenters. The minimum Gasteiger partial charge on any atom is -0.354 e. The van der Waals surface area contributed by atoms with Crippen LogP contribution < -0.4 is 5.32 Å². The first-order valence-electron chi connectivity index (χ1n) is 4.92. The zero-order valence-electron chi connectivity index (χ0n) is 8.95. The van der Waals surface area contributed by atoms with Crippen molar-refractivity contribution in [2.24, 2.45) is 5.92 Å². The second kappa shape index (κ2) is 5.86. The van der Waals surface area contributed by atoms with E-state index >= 15 is 0 Å². The van der Waals surface area contributed by atoms with Crippen LogP contribution in [0.25, 0.3) is 0 Å². The first kappa shape index (κ1) is 11.3. The maximum Gasteiger partial charge on any atom is 0.223 e. The Morgan fingerprint density at radius 3 is 2.93 bits per heavy atom. The molecule has 0 aliphatic rings. The maximum absolute atomic E-state index is 4.38. The summed E-state index contributed by atoms with van der Waals surface area (Å²) in [5.41, 5.74) is 0. The smallest absolute Gasteiger partial charge is 0.223 e. The van der Waals surface area contributed by atoms with Crippen LogP contribution in [0.4, 0.5) is 5.95 Å². The van der Waals surface area contributed by atoms with Crippen molar-refractivity contribution < 1.29 is 0 Å². The minimum atomic E-state index is 0.692. The first-order chi connectivity index (χ1) is 6.72. The van der Waals surface area contributed by atoms with Gasteiger partial charge in [-0.15, -0.1) is 11.8 Å². The fraction of sp³-hybridized carbons (Fsp3) is 0.600.